The fourth-order valence-electron chi connectivity index (χ4n) is 2.80. The lowest BCUT2D eigenvalue weighted by atomic mass is 10.1. The van der Waals surface area contributed by atoms with Crippen molar-refractivity contribution in [1.82, 2.24) is 10.2 Å². The molecule has 1 fully saturated rings. The van der Waals surface area contributed by atoms with Gasteiger partial charge in [-0.25, -0.2) is 13.6 Å². The minimum atomic E-state index is -4.71. The Bertz CT molecular complexity index is 760. The number of carbonyl (C=O) groups is 1. The lowest BCUT2D eigenvalue weighted by molar-refractivity contribution is -0.137. The van der Waals surface area contributed by atoms with Crippen molar-refractivity contribution in [2.75, 3.05) is 44.2 Å². The van der Waals surface area contributed by atoms with Crippen molar-refractivity contribution in [3.05, 3.63) is 23.8 Å². The number of alkyl halides is 3. The van der Waals surface area contributed by atoms with Gasteiger partial charge in [-0.2, -0.15) is 13.2 Å². The molecular weight excluding hydrogens is 373 g/mol. The van der Waals surface area contributed by atoms with Crippen LogP contribution in [0.1, 0.15) is 12.5 Å². The van der Waals surface area contributed by atoms with Gasteiger partial charge in [0.1, 0.15) is 0 Å². The maximum Gasteiger partial charge on any atom is 0.418 e. The van der Waals surface area contributed by atoms with Crippen molar-refractivity contribution in [3.8, 4) is 0 Å². The van der Waals surface area contributed by atoms with E-state index < -0.39 is 26.7 Å². The molecule has 1 aliphatic heterocycles. The Morgan fingerprint density at radius 3 is 2.35 bits per heavy atom. The topological polar surface area (TPSA) is 95.7 Å². The number of halogens is 3. The Hall–Kier alpha value is -1.85. The molecule has 146 valence electrons. The number of carbonyl (C=O) groups excluding carboxylic acids is 1. The number of nitrogens with zero attached hydrogens (tertiary/aromatic N) is 2. The molecule has 0 spiro atoms. The van der Waals surface area contributed by atoms with Gasteiger partial charge in [-0.1, -0.05) is 0 Å². The summed E-state index contributed by atoms with van der Waals surface area (Å²) in [5, 5.41) is 7.61. The van der Waals surface area contributed by atoms with Crippen molar-refractivity contribution >= 4 is 21.6 Å². The van der Waals surface area contributed by atoms with Gasteiger partial charge in [0.05, 0.1) is 17.0 Å². The molecule has 3 N–H and O–H groups in total. The zero-order valence-corrected chi connectivity index (χ0v) is 15.0. The Labute approximate surface area is 150 Å². The number of rotatable bonds is 5. The standard InChI is InChI=1S/C15H21F3N4O3S/c1-2-20-14(23)10-21-5-7-22(8-6-21)13-4-3-11(26(19,24)25)9-12(13)15(16,17)18/h3-4,9H,2,5-8,10H2,1H3,(H,20,23)(H2,19,24,25). The molecule has 0 aromatic heterocycles. The molecule has 1 heterocycles. The zero-order valence-electron chi connectivity index (χ0n) is 14.2. The summed E-state index contributed by atoms with van der Waals surface area (Å²) in [6, 6.07) is 2.76. The lowest BCUT2D eigenvalue weighted by Gasteiger charge is -2.36. The SMILES string of the molecule is CCNC(=O)CN1CCN(c2ccc(S(N)(=O)=O)cc2C(F)(F)F)CC1. The highest BCUT2D eigenvalue weighted by molar-refractivity contribution is 7.89. The smallest absolute Gasteiger partial charge is 0.368 e. The number of amides is 1. The molecule has 0 aliphatic carbocycles. The molecule has 11 heteroatoms. The molecule has 1 aromatic rings. The zero-order chi connectivity index (χ0) is 19.5. The third-order valence-corrected chi connectivity index (χ3v) is 4.97. The minimum Gasteiger partial charge on any atom is -0.368 e. The van der Waals surface area contributed by atoms with Crippen molar-refractivity contribution in [1.29, 1.82) is 0 Å². The molecule has 0 unspecified atom stereocenters. The number of likely N-dealkylation sites (N-methyl/N-ethyl adjacent to an activating group) is 1. The van der Waals surface area contributed by atoms with Crippen LogP contribution in [0.3, 0.4) is 0 Å². The average Bonchev–Trinajstić information content (AvgIpc) is 2.53. The van der Waals surface area contributed by atoms with E-state index >= 15 is 0 Å². The summed E-state index contributed by atoms with van der Waals surface area (Å²) < 4.78 is 62.8. The number of primary sulfonamides is 1. The van der Waals surface area contributed by atoms with Crippen LogP contribution in [0.4, 0.5) is 18.9 Å². The summed E-state index contributed by atoms with van der Waals surface area (Å²) in [5.41, 5.74) is -1.14. The van der Waals surface area contributed by atoms with Crippen LogP contribution in [-0.4, -0.2) is 58.5 Å². The van der Waals surface area contributed by atoms with Crippen molar-refractivity contribution in [2.24, 2.45) is 5.14 Å². The van der Waals surface area contributed by atoms with E-state index in [1.165, 1.54) is 4.90 Å². The summed E-state index contributed by atoms with van der Waals surface area (Å²) in [6.07, 6.45) is -4.71. The number of nitrogens with one attached hydrogen (secondary N) is 1. The van der Waals surface area contributed by atoms with Crippen molar-refractivity contribution in [3.63, 3.8) is 0 Å². The molecule has 0 radical (unpaired) electrons. The third-order valence-electron chi connectivity index (χ3n) is 4.06. The summed E-state index contributed by atoms with van der Waals surface area (Å²) in [4.78, 5) is 14.4. The first-order valence-electron chi connectivity index (χ1n) is 8.00. The molecule has 1 aromatic carbocycles. The van der Waals surface area contributed by atoms with E-state index in [1.807, 2.05) is 4.90 Å². The highest BCUT2D eigenvalue weighted by Crippen LogP contribution is 2.38. The molecule has 7 nitrogen and oxygen atoms in total. The van der Waals surface area contributed by atoms with E-state index in [1.54, 1.807) is 6.92 Å². The third kappa shape index (κ3) is 5.08. The van der Waals surface area contributed by atoms with Gasteiger partial charge in [-0.15, -0.1) is 0 Å². The predicted octanol–water partition coefficient (Wildman–Crippen LogP) is 0.611. The Morgan fingerprint density at radius 1 is 1.23 bits per heavy atom. The van der Waals surface area contributed by atoms with Gasteiger partial charge in [-0.3, -0.25) is 9.69 Å². The fourth-order valence-corrected chi connectivity index (χ4v) is 3.34. The van der Waals surface area contributed by atoms with Crippen LogP contribution in [0, 0.1) is 0 Å². The van der Waals surface area contributed by atoms with Crippen molar-refractivity contribution < 1.29 is 26.4 Å². The second kappa shape index (κ2) is 7.80. The normalized spacial score (nSPS) is 16.6. The fraction of sp³-hybridized carbons (Fsp3) is 0.533. The summed E-state index contributed by atoms with van der Waals surface area (Å²) in [7, 11) is -4.23. The van der Waals surface area contributed by atoms with Gasteiger partial charge >= 0.3 is 6.18 Å². The van der Waals surface area contributed by atoms with Crippen LogP contribution in [-0.2, 0) is 21.0 Å². The Morgan fingerprint density at radius 2 is 1.85 bits per heavy atom. The number of hydrogen-bond acceptors (Lipinski definition) is 5. The molecule has 26 heavy (non-hydrogen) atoms. The van der Waals surface area contributed by atoms with Crippen LogP contribution < -0.4 is 15.4 Å². The minimum absolute atomic E-state index is 0.0949. The summed E-state index contributed by atoms with van der Waals surface area (Å²) in [6.45, 7) is 3.94. The monoisotopic (exact) mass is 394 g/mol. The molecule has 2 rings (SSSR count). The van der Waals surface area contributed by atoms with Gasteiger partial charge < -0.3 is 10.2 Å². The van der Waals surface area contributed by atoms with Crippen LogP contribution in [0.2, 0.25) is 0 Å². The molecule has 1 saturated heterocycles. The van der Waals surface area contributed by atoms with Gasteiger partial charge in [0.2, 0.25) is 15.9 Å². The number of benzene rings is 1. The first kappa shape index (κ1) is 20.5. The largest absolute Gasteiger partial charge is 0.418 e. The molecule has 0 saturated carbocycles. The lowest BCUT2D eigenvalue weighted by Crippen LogP contribution is -2.49. The van der Waals surface area contributed by atoms with Crippen LogP contribution >= 0.6 is 0 Å². The molecule has 1 amide bonds. The van der Waals surface area contributed by atoms with E-state index in [0.29, 0.717) is 25.7 Å². The summed E-state index contributed by atoms with van der Waals surface area (Å²) in [5.74, 6) is -0.130. The quantitative estimate of drug-likeness (QED) is 0.763. The Kier molecular flexibility index (Phi) is 6.14. The van der Waals surface area contributed by atoms with E-state index in [9.17, 15) is 26.4 Å². The van der Waals surface area contributed by atoms with Gasteiger partial charge in [-0.05, 0) is 25.1 Å². The maximum absolute atomic E-state index is 13.4. The summed E-state index contributed by atoms with van der Waals surface area (Å²) >= 11 is 0. The van der Waals surface area contributed by atoms with Gasteiger partial charge in [0.15, 0.2) is 0 Å². The van der Waals surface area contributed by atoms with E-state index in [0.717, 1.165) is 12.1 Å². The first-order valence-corrected chi connectivity index (χ1v) is 9.55. The Balaban J connectivity index is 2.18. The predicted molar refractivity (Wildman–Crippen MR) is 90.2 cm³/mol. The number of piperazine rings is 1. The van der Waals surface area contributed by atoms with Crippen LogP contribution in [0.25, 0.3) is 0 Å². The highest BCUT2D eigenvalue weighted by atomic mass is 32.2. The maximum atomic E-state index is 13.4. The average molecular weight is 394 g/mol. The number of sulfonamides is 1. The molecule has 1 aliphatic rings. The second-order valence-corrected chi connectivity index (χ2v) is 7.50. The molecular formula is C15H21F3N4O3S. The highest BCUT2D eigenvalue weighted by Gasteiger charge is 2.36. The van der Waals surface area contributed by atoms with E-state index in [-0.39, 0.29) is 31.2 Å². The number of nitrogens with two attached hydrogens (primary N) is 1. The van der Waals surface area contributed by atoms with E-state index in [4.69, 9.17) is 5.14 Å². The van der Waals surface area contributed by atoms with E-state index in [2.05, 4.69) is 5.32 Å². The number of hydrogen-bond donors (Lipinski definition) is 2. The second-order valence-electron chi connectivity index (χ2n) is 5.94. The number of anilines is 1. The van der Waals surface area contributed by atoms with Gasteiger partial charge in [0.25, 0.3) is 0 Å². The van der Waals surface area contributed by atoms with Crippen molar-refractivity contribution in [2.45, 2.75) is 18.0 Å². The first-order chi connectivity index (χ1) is 12.0. The molecule has 0 bridgehead atoms. The van der Waals surface area contributed by atoms with Crippen LogP contribution in [0.5, 0.6) is 0 Å². The van der Waals surface area contributed by atoms with Crippen LogP contribution in [0.15, 0.2) is 23.1 Å². The van der Waals surface area contributed by atoms with Gasteiger partial charge in [0, 0.05) is 38.4 Å². The molecule has 0 atom stereocenters.